The first-order valence-corrected chi connectivity index (χ1v) is 5.23. The maximum Gasteiger partial charge on any atom is 0.361 e. The van der Waals surface area contributed by atoms with Crippen molar-refractivity contribution >= 4 is 18.9 Å². The first kappa shape index (κ1) is 11.6. The molecule has 0 spiro atoms. The third kappa shape index (κ3) is 2.30. The topological polar surface area (TPSA) is 129 Å². The van der Waals surface area contributed by atoms with Crippen LogP contribution in [0.15, 0.2) is 6.07 Å². The molecule has 1 aromatic rings. The van der Waals surface area contributed by atoms with Gasteiger partial charge in [-0.3, -0.25) is 4.57 Å². The molecular formula is C6H8NO7P. The van der Waals surface area contributed by atoms with Gasteiger partial charge in [0.25, 0.3) is 0 Å². The Hall–Kier alpha value is -1.50. The predicted molar refractivity (Wildman–Crippen MR) is 46.7 cm³/mol. The summed E-state index contributed by atoms with van der Waals surface area (Å²) >= 11 is 0. The monoisotopic (exact) mass is 237 g/mol. The Morgan fingerprint density at radius 3 is 2.33 bits per heavy atom. The van der Waals surface area contributed by atoms with Crippen LogP contribution < -0.4 is 10.1 Å². The number of carbonyl (C=O) groups is 1. The van der Waals surface area contributed by atoms with Gasteiger partial charge in [0, 0.05) is 13.0 Å². The highest BCUT2D eigenvalue weighted by molar-refractivity contribution is 7.60. The van der Waals surface area contributed by atoms with E-state index in [9.17, 15) is 14.5 Å². The Balaban J connectivity index is 3.27. The van der Waals surface area contributed by atoms with Crippen LogP contribution in [0.1, 0.15) is 6.92 Å². The molecule has 9 heteroatoms. The molecule has 0 aliphatic rings. The normalized spacial score (nSPS) is 11.4. The number of hydrogen-bond donors (Lipinski definition) is 4. The highest BCUT2D eigenvalue weighted by Crippen LogP contribution is 2.39. The van der Waals surface area contributed by atoms with Crippen molar-refractivity contribution in [2.24, 2.45) is 0 Å². The number of hydrogen-bond acceptors (Lipinski definition) is 5. The lowest BCUT2D eigenvalue weighted by Gasteiger charge is -2.05. The Morgan fingerprint density at radius 2 is 2.00 bits per heavy atom. The van der Waals surface area contributed by atoms with E-state index < -0.39 is 30.6 Å². The lowest BCUT2D eigenvalue weighted by atomic mass is 10.6. The van der Waals surface area contributed by atoms with Crippen molar-refractivity contribution in [1.29, 1.82) is 0 Å². The molecule has 0 saturated heterocycles. The summed E-state index contributed by atoms with van der Waals surface area (Å²) in [7, 11) is -4.73. The zero-order chi connectivity index (χ0) is 11.8. The van der Waals surface area contributed by atoms with Gasteiger partial charge < -0.3 is 24.8 Å². The van der Waals surface area contributed by atoms with Gasteiger partial charge in [0.15, 0.2) is 0 Å². The van der Waals surface area contributed by atoms with E-state index in [0.717, 1.165) is 6.92 Å². The first-order chi connectivity index (χ1) is 6.73. The number of rotatable bonds is 2. The van der Waals surface area contributed by atoms with Crippen molar-refractivity contribution in [2.75, 3.05) is 0 Å². The van der Waals surface area contributed by atoms with Crippen LogP contribution in [0, 0.1) is 0 Å². The van der Waals surface area contributed by atoms with E-state index in [4.69, 9.17) is 14.9 Å². The molecule has 15 heavy (non-hydrogen) atoms. The summed E-state index contributed by atoms with van der Waals surface area (Å²) in [6, 6.07) is 0.610. The van der Waals surface area contributed by atoms with E-state index in [1.165, 1.54) is 0 Å². The third-order valence-corrected chi connectivity index (χ3v) is 2.39. The van der Waals surface area contributed by atoms with Gasteiger partial charge in [-0.25, -0.2) is 4.79 Å². The van der Waals surface area contributed by atoms with Crippen molar-refractivity contribution in [3.05, 3.63) is 6.07 Å². The molecule has 0 unspecified atom stereocenters. The van der Waals surface area contributed by atoms with Crippen LogP contribution in [-0.4, -0.2) is 30.7 Å². The molecule has 84 valence electrons. The van der Waals surface area contributed by atoms with Gasteiger partial charge in [0.05, 0.1) is 0 Å². The van der Waals surface area contributed by atoms with E-state index >= 15 is 0 Å². The maximum absolute atomic E-state index is 10.8. The van der Waals surface area contributed by atoms with Gasteiger partial charge >= 0.3 is 13.6 Å². The van der Waals surface area contributed by atoms with Gasteiger partial charge in [0.1, 0.15) is 5.30 Å². The number of nitrogens with zero attached hydrogens (tertiary/aromatic N) is 1. The smallest absolute Gasteiger partial charge is 0.361 e. The zero-order valence-corrected chi connectivity index (χ0v) is 8.38. The summed E-state index contributed by atoms with van der Waals surface area (Å²) in [5, 5.41) is 17.5. The summed E-state index contributed by atoms with van der Waals surface area (Å²) in [6.07, 6.45) is 0. The molecule has 1 aromatic heterocycles. The molecule has 1 rings (SSSR count). The zero-order valence-electron chi connectivity index (χ0n) is 7.49. The highest BCUT2D eigenvalue weighted by atomic mass is 31.2. The van der Waals surface area contributed by atoms with Crippen LogP contribution in [0.4, 0.5) is 0 Å². The molecule has 8 nitrogen and oxygen atoms in total. The lowest BCUT2D eigenvalue weighted by molar-refractivity contribution is -0.142. The average molecular weight is 237 g/mol. The molecule has 0 saturated carbocycles. The Labute approximate surface area is 83.4 Å². The van der Waals surface area contributed by atoms with Gasteiger partial charge in [-0.15, -0.1) is 4.73 Å². The summed E-state index contributed by atoms with van der Waals surface area (Å²) in [4.78, 5) is 32.3. The number of aromatic nitrogens is 1. The maximum atomic E-state index is 10.8. The fourth-order valence-electron chi connectivity index (χ4n) is 0.891. The summed E-state index contributed by atoms with van der Waals surface area (Å²) in [5.41, 5.74) is 0. The standard InChI is InChI=1S/C6H8NO7P/c1-3(8)14-7-5(9)2-4(6(7)10)15(11,12)13/h2,9-10H,1H3,(H2,11,12,13). The largest absolute Gasteiger partial charge is 0.492 e. The van der Waals surface area contributed by atoms with Crippen molar-refractivity contribution in [2.45, 2.75) is 6.92 Å². The summed E-state index contributed by atoms with van der Waals surface area (Å²) in [5.74, 6) is -2.68. The molecule has 0 aromatic carbocycles. The van der Waals surface area contributed by atoms with Crippen LogP contribution in [0.25, 0.3) is 0 Å². The molecule has 0 amide bonds. The van der Waals surface area contributed by atoms with E-state index in [2.05, 4.69) is 4.84 Å². The molecule has 0 bridgehead atoms. The SMILES string of the molecule is CC(=O)On1c(O)cc(P(=O)(O)O)c1O. The second kappa shape index (κ2) is 3.58. The lowest BCUT2D eigenvalue weighted by Crippen LogP contribution is -2.16. The Bertz CT molecular complexity index is 445. The fourth-order valence-corrected chi connectivity index (χ4v) is 1.53. The molecule has 0 atom stereocenters. The molecule has 0 aliphatic carbocycles. The second-order valence-corrected chi connectivity index (χ2v) is 4.20. The minimum Gasteiger partial charge on any atom is -0.492 e. The second-order valence-electron chi connectivity index (χ2n) is 2.63. The molecule has 4 N–H and O–H groups in total. The molecule has 0 aliphatic heterocycles. The highest BCUT2D eigenvalue weighted by Gasteiger charge is 2.29. The van der Waals surface area contributed by atoms with E-state index in [0.29, 0.717) is 6.07 Å². The number of carbonyl (C=O) groups excluding carboxylic acids is 1. The van der Waals surface area contributed by atoms with Crippen LogP contribution >= 0.6 is 7.60 Å². The van der Waals surface area contributed by atoms with Crippen molar-refractivity contribution in [3.63, 3.8) is 0 Å². The van der Waals surface area contributed by atoms with E-state index in [1.54, 1.807) is 0 Å². The molecular weight excluding hydrogens is 229 g/mol. The quantitative estimate of drug-likeness (QED) is 0.469. The van der Waals surface area contributed by atoms with Gasteiger partial charge in [-0.1, -0.05) is 0 Å². The van der Waals surface area contributed by atoms with Crippen LogP contribution in [0.2, 0.25) is 0 Å². The van der Waals surface area contributed by atoms with E-state index in [1.807, 2.05) is 0 Å². The minimum absolute atomic E-state index is 0.219. The van der Waals surface area contributed by atoms with Gasteiger partial charge in [-0.2, -0.15) is 0 Å². The van der Waals surface area contributed by atoms with Gasteiger partial charge in [-0.05, 0) is 0 Å². The fraction of sp³-hybridized carbons (Fsp3) is 0.167. The summed E-state index contributed by atoms with van der Waals surface area (Å²) < 4.78 is 11.0. The summed E-state index contributed by atoms with van der Waals surface area (Å²) in [6.45, 7) is 0.996. The Kier molecular flexibility index (Phi) is 2.76. The van der Waals surface area contributed by atoms with Crippen LogP contribution in [-0.2, 0) is 9.36 Å². The van der Waals surface area contributed by atoms with Crippen molar-refractivity contribution in [1.82, 2.24) is 4.73 Å². The minimum atomic E-state index is -4.73. The van der Waals surface area contributed by atoms with Crippen molar-refractivity contribution < 1.29 is 34.2 Å². The molecule has 1 heterocycles. The van der Waals surface area contributed by atoms with Crippen LogP contribution in [0.5, 0.6) is 11.8 Å². The van der Waals surface area contributed by atoms with Gasteiger partial charge in [0.2, 0.25) is 11.8 Å². The molecule has 0 fully saturated rings. The van der Waals surface area contributed by atoms with Crippen LogP contribution in [0.3, 0.4) is 0 Å². The van der Waals surface area contributed by atoms with E-state index in [-0.39, 0.29) is 4.73 Å². The first-order valence-electron chi connectivity index (χ1n) is 3.62. The van der Waals surface area contributed by atoms with Crippen molar-refractivity contribution in [3.8, 4) is 11.8 Å². The third-order valence-electron chi connectivity index (χ3n) is 1.43. The molecule has 0 radical (unpaired) electrons. The number of aromatic hydroxyl groups is 2. The Morgan fingerprint density at radius 1 is 1.47 bits per heavy atom. The average Bonchev–Trinajstić information content (AvgIpc) is 2.30. The predicted octanol–water partition coefficient (Wildman–Crippen LogP) is -1.32.